The van der Waals surface area contributed by atoms with Crippen LogP contribution in [0.25, 0.3) is 0 Å². The van der Waals surface area contributed by atoms with Crippen LogP contribution in [0.2, 0.25) is 0 Å². The summed E-state index contributed by atoms with van der Waals surface area (Å²) < 4.78 is 28.3. The minimum atomic E-state index is -1.36. The smallest absolute Gasteiger partial charge is 0.244 e. The molecule has 0 aromatic heterocycles. The maximum atomic E-state index is 14.5. The molecule has 5 amide bonds. The lowest BCUT2D eigenvalue weighted by molar-refractivity contribution is -0.134. The van der Waals surface area contributed by atoms with Gasteiger partial charge >= 0.3 is 0 Å². The van der Waals surface area contributed by atoms with Gasteiger partial charge in [-0.2, -0.15) is 0 Å². The molecule has 13 N–H and O–H groups in total. The molecule has 18 heteroatoms. The van der Waals surface area contributed by atoms with Crippen molar-refractivity contribution in [2.24, 2.45) is 44.6 Å². The number of nitrogens with two attached hydrogens (primary N) is 5. The Morgan fingerprint density at radius 3 is 1.84 bits per heavy atom. The molecule has 3 aromatic carbocycles. The molecule has 0 saturated carbocycles. The fraction of sp³-hybridized carbons (Fsp3) is 0.359. The predicted octanol–water partition coefficient (Wildman–Crippen LogP) is 1.12. The van der Waals surface area contributed by atoms with Crippen LogP contribution >= 0.6 is 0 Å². The first-order chi connectivity index (χ1) is 26.9. The Morgan fingerprint density at radius 1 is 0.702 bits per heavy atom. The topological polar surface area (TPSA) is 280 Å². The predicted molar refractivity (Wildman–Crippen MR) is 213 cm³/mol. The van der Waals surface area contributed by atoms with E-state index in [1.165, 1.54) is 49.4 Å². The number of hydrogen-bond acceptors (Lipinski definition) is 7. The van der Waals surface area contributed by atoms with Crippen LogP contribution in [0.3, 0.4) is 0 Å². The van der Waals surface area contributed by atoms with Crippen LogP contribution in [0.5, 0.6) is 0 Å². The van der Waals surface area contributed by atoms with E-state index in [9.17, 15) is 32.8 Å². The first-order valence-corrected chi connectivity index (χ1v) is 18.2. The molecular weight excluding hydrogens is 740 g/mol. The molecule has 0 saturated heterocycles. The summed E-state index contributed by atoms with van der Waals surface area (Å²) in [4.78, 5) is 76.8. The Kier molecular flexibility index (Phi) is 16.9. The van der Waals surface area contributed by atoms with E-state index in [-0.39, 0.29) is 55.8 Å². The second-order valence-corrected chi connectivity index (χ2v) is 13.8. The van der Waals surface area contributed by atoms with Crippen molar-refractivity contribution in [1.82, 2.24) is 16.0 Å². The Labute approximate surface area is 329 Å². The van der Waals surface area contributed by atoms with Crippen LogP contribution in [0.15, 0.2) is 82.8 Å². The van der Waals surface area contributed by atoms with Gasteiger partial charge in [0.1, 0.15) is 35.8 Å². The molecule has 0 fully saturated rings. The molecule has 4 atom stereocenters. The SMILES string of the molecule is CC(=O)N(c1cccc(F)c1)C(Cc1ccc(F)cc1)C(=O)NC(Cc1ccc(N=C(N)N)cc1)C(=O)NC(CC(C)C)C(=O)NC(CCCN=C(N)N)C(N)=O. The minimum absolute atomic E-state index is 0.0667. The fourth-order valence-electron chi connectivity index (χ4n) is 5.96. The van der Waals surface area contributed by atoms with Gasteiger partial charge in [0.15, 0.2) is 11.9 Å². The van der Waals surface area contributed by atoms with E-state index >= 15 is 0 Å². The van der Waals surface area contributed by atoms with Gasteiger partial charge in [-0.15, -0.1) is 0 Å². The van der Waals surface area contributed by atoms with Gasteiger partial charge in [-0.3, -0.25) is 33.9 Å². The summed E-state index contributed by atoms with van der Waals surface area (Å²) in [5, 5.41) is 8.07. The molecule has 306 valence electrons. The van der Waals surface area contributed by atoms with Crippen molar-refractivity contribution in [1.29, 1.82) is 0 Å². The van der Waals surface area contributed by atoms with E-state index < -0.39 is 65.3 Å². The second-order valence-electron chi connectivity index (χ2n) is 13.8. The number of guanidine groups is 2. The van der Waals surface area contributed by atoms with Crippen molar-refractivity contribution in [2.45, 2.75) is 77.0 Å². The molecule has 0 aliphatic carbocycles. The van der Waals surface area contributed by atoms with Gasteiger partial charge in [0, 0.05) is 32.0 Å². The van der Waals surface area contributed by atoms with Gasteiger partial charge < -0.3 is 44.6 Å². The van der Waals surface area contributed by atoms with Gasteiger partial charge in [-0.1, -0.05) is 44.2 Å². The number of amides is 5. The van der Waals surface area contributed by atoms with Crippen molar-refractivity contribution in [3.05, 3.63) is 95.6 Å². The number of halogens is 2. The summed E-state index contributed by atoms with van der Waals surface area (Å²) in [6, 6.07) is 11.8. The molecule has 0 aliphatic rings. The van der Waals surface area contributed by atoms with Gasteiger partial charge in [-0.05, 0) is 78.8 Å². The molecular formula is C39H51F2N11O5. The third-order valence-corrected chi connectivity index (χ3v) is 8.59. The summed E-state index contributed by atoms with van der Waals surface area (Å²) in [5.74, 6) is -5.32. The zero-order valence-electron chi connectivity index (χ0n) is 32.1. The quantitative estimate of drug-likeness (QED) is 0.0462. The van der Waals surface area contributed by atoms with Crippen LogP contribution in [0.4, 0.5) is 20.2 Å². The molecule has 0 radical (unpaired) electrons. The molecule has 3 rings (SSSR count). The van der Waals surface area contributed by atoms with Crippen LogP contribution in [-0.4, -0.2) is 72.2 Å². The number of benzene rings is 3. The number of anilines is 1. The number of primary amides is 1. The standard InChI is InChI=1S/C39H51F2N11O5/c1-22(2)18-31(35(55)49-30(34(42)54)8-5-17-47-38(43)44)50-36(56)32(19-24-11-15-28(16-12-24)48-39(45)46)51-37(57)33(20-25-9-13-26(40)14-10-25)52(23(3)53)29-7-4-6-27(41)21-29/h4,6-7,9-16,21-22,30-33H,5,8,17-20H2,1-3H3,(H2,42,54)(H,49,55)(H,50,56)(H,51,57)(H4,43,44,47)(H4,45,46,48). The molecule has 0 bridgehead atoms. The highest BCUT2D eigenvalue weighted by Crippen LogP contribution is 2.23. The monoisotopic (exact) mass is 791 g/mol. The lowest BCUT2D eigenvalue weighted by atomic mass is 9.99. The van der Waals surface area contributed by atoms with E-state index in [0.29, 0.717) is 23.2 Å². The van der Waals surface area contributed by atoms with Crippen molar-refractivity contribution in [3.63, 3.8) is 0 Å². The Morgan fingerprint density at radius 2 is 1.28 bits per heavy atom. The third kappa shape index (κ3) is 14.9. The number of carbonyl (C=O) groups excluding carboxylic acids is 5. The van der Waals surface area contributed by atoms with Gasteiger partial charge in [0.05, 0.1) is 5.69 Å². The number of rotatable bonds is 20. The van der Waals surface area contributed by atoms with E-state index in [0.717, 1.165) is 11.0 Å². The van der Waals surface area contributed by atoms with E-state index in [2.05, 4.69) is 25.9 Å². The largest absolute Gasteiger partial charge is 0.370 e. The number of aliphatic imine (C=N–C) groups is 2. The molecule has 4 unspecified atom stereocenters. The molecule has 3 aromatic rings. The van der Waals surface area contributed by atoms with E-state index in [4.69, 9.17) is 28.7 Å². The number of hydrogen-bond donors (Lipinski definition) is 8. The molecule has 57 heavy (non-hydrogen) atoms. The first kappa shape index (κ1) is 44.8. The maximum Gasteiger partial charge on any atom is 0.244 e. The number of nitrogens with one attached hydrogen (secondary N) is 3. The Balaban J connectivity index is 2.02. The zero-order chi connectivity index (χ0) is 42.2. The van der Waals surface area contributed by atoms with Crippen LogP contribution in [0.1, 0.15) is 51.2 Å². The van der Waals surface area contributed by atoms with Gasteiger partial charge in [-0.25, -0.2) is 13.8 Å². The van der Waals surface area contributed by atoms with Crippen LogP contribution < -0.4 is 49.5 Å². The van der Waals surface area contributed by atoms with Crippen molar-refractivity contribution in [3.8, 4) is 0 Å². The second kappa shape index (κ2) is 21.5. The molecule has 0 heterocycles. The average Bonchev–Trinajstić information content (AvgIpc) is 3.12. The average molecular weight is 792 g/mol. The first-order valence-electron chi connectivity index (χ1n) is 18.2. The number of nitrogens with zero attached hydrogens (tertiary/aromatic N) is 3. The van der Waals surface area contributed by atoms with E-state index in [1.807, 2.05) is 13.8 Å². The maximum absolute atomic E-state index is 14.5. The summed E-state index contributed by atoms with van der Waals surface area (Å²) in [7, 11) is 0. The van der Waals surface area contributed by atoms with Crippen molar-refractivity contribution in [2.75, 3.05) is 11.4 Å². The Bertz CT molecular complexity index is 1920. The van der Waals surface area contributed by atoms with Crippen LogP contribution in [0, 0.1) is 17.6 Å². The Hall–Kier alpha value is -6.59. The van der Waals surface area contributed by atoms with Gasteiger partial charge in [0.25, 0.3) is 0 Å². The number of carbonyl (C=O) groups is 5. The van der Waals surface area contributed by atoms with Crippen molar-refractivity contribution < 1.29 is 32.8 Å². The third-order valence-electron chi connectivity index (χ3n) is 8.59. The van der Waals surface area contributed by atoms with Gasteiger partial charge in [0.2, 0.25) is 29.5 Å². The van der Waals surface area contributed by atoms with Crippen LogP contribution in [-0.2, 0) is 36.8 Å². The lowest BCUT2D eigenvalue weighted by Crippen LogP contribution is -2.59. The fourth-order valence-corrected chi connectivity index (χ4v) is 5.96. The molecule has 16 nitrogen and oxygen atoms in total. The summed E-state index contributed by atoms with van der Waals surface area (Å²) in [6.07, 6.45) is 0.292. The molecule has 0 aliphatic heterocycles. The highest BCUT2D eigenvalue weighted by Gasteiger charge is 2.35. The summed E-state index contributed by atoms with van der Waals surface area (Å²) >= 11 is 0. The van der Waals surface area contributed by atoms with E-state index in [1.54, 1.807) is 24.3 Å². The molecule has 0 spiro atoms. The lowest BCUT2D eigenvalue weighted by Gasteiger charge is -2.32. The van der Waals surface area contributed by atoms with Crippen molar-refractivity contribution >= 4 is 52.8 Å². The highest BCUT2D eigenvalue weighted by atomic mass is 19.1. The summed E-state index contributed by atoms with van der Waals surface area (Å²) in [5.41, 5.74) is 28.8. The minimum Gasteiger partial charge on any atom is -0.370 e. The summed E-state index contributed by atoms with van der Waals surface area (Å²) in [6.45, 7) is 5.04. The zero-order valence-corrected chi connectivity index (χ0v) is 32.1. The normalized spacial score (nSPS) is 12.9. The highest BCUT2D eigenvalue weighted by molar-refractivity contribution is 6.01.